The maximum absolute atomic E-state index is 11.6. The summed E-state index contributed by atoms with van der Waals surface area (Å²) in [5, 5.41) is 0.702. The molecule has 1 aromatic rings. The number of carbonyl (C=O) groups excluding carboxylic acids is 2. The van der Waals surface area contributed by atoms with Gasteiger partial charge in [0.25, 0.3) is 0 Å². The molecule has 6 heteroatoms. The lowest BCUT2D eigenvalue weighted by atomic mass is 10.1. The van der Waals surface area contributed by atoms with Crippen LogP contribution >= 0.6 is 23.2 Å². The van der Waals surface area contributed by atoms with Crippen LogP contribution in [0.3, 0.4) is 0 Å². The normalized spacial score (nSPS) is 11.0. The van der Waals surface area contributed by atoms with Crippen molar-refractivity contribution in [2.75, 3.05) is 6.61 Å². The molecule has 22 heavy (non-hydrogen) atoms. The molecule has 0 aliphatic heterocycles. The van der Waals surface area contributed by atoms with Crippen molar-refractivity contribution in [3.8, 4) is 5.75 Å². The maximum Gasteiger partial charge on any atom is 0.336 e. The van der Waals surface area contributed by atoms with Crippen molar-refractivity contribution in [1.82, 2.24) is 0 Å². The lowest BCUT2D eigenvalue weighted by Crippen LogP contribution is -2.07. The van der Waals surface area contributed by atoms with Crippen molar-refractivity contribution in [2.45, 2.75) is 26.7 Å². The molecule has 0 atom stereocenters. The van der Waals surface area contributed by atoms with Crippen LogP contribution in [0.25, 0.3) is 0 Å². The van der Waals surface area contributed by atoms with Gasteiger partial charge in [0.2, 0.25) is 0 Å². The predicted octanol–water partition coefficient (Wildman–Crippen LogP) is 4.43. The molecule has 120 valence electrons. The third-order valence-corrected chi connectivity index (χ3v) is 3.02. The zero-order valence-electron chi connectivity index (χ0n) is 12.5. The molecule has 0 radical (unpaired) electrons. The first kappa shape index (κ1) is 18.5. The monoisotopic (exact) mass is 344 g/mol. The Balaban J connectivity index is 2.38. The fourth-order valence-corrected chi connectivity index (χ4v) is 2.09. The van der Waals surface area contributed by atoms with E-state index in [1.807, 2.05) is 0 Å². The van der Waals surface area contributed by atoms with Crippen LogP contribution in [-0.2, 0) is 14.3 Å². The number of hydrogen-bond donors (Lipinski definition) is 0. The van der Waals surface area contributed by atoms with E-state index in [1.54, 1.807) is 0 Å². The molecule has 0 amide bonds. The van der Waals surface area contributed by atoms with Crippen LogP contribution in [0.2, 0.25) is 10.0 Å². The van der Waals surface area contributed by atoms with Crippen molar-refractivity contribution in [1.29, 1.82) is 0 Å². The summed E-state index contributed by atoms with van der Waals surface area (Å²) >= 11 is 11.6. The molecule has 4 nitrogen and oxygen atoms in total. The van der Waals surface area contributed by atoms with Gasteiger partial charge in [-0.2, -0.15) is 0 Å². The van der Waals surface area contributed by atoms with E-state index < -0.39 is 11.9 Å². The quantitative estimate of drug-likeness (QED) is 0.317. The number of rotatable bonds is 7. The van der Waals surface area contributed by atoms with Crippen molar-refractivity contribution in [3.05, 3.63) is 40.4 Å². The van der Waals surface area contributed by atoms with E-state index in [1.165, 1.54) is 18.2 Å². The van der Waals surface area contributed by atoms with E-state index in [2.05, 4.69) is 13.8 Å². The first-order valence-electron chi connectivity index (χ1n) is 6.89. The first-order valence-corrected chi connectivity index (χ1v) is 7.65. The number of benzene rings is 1. The summed E-state index contributed by atoms with van der Waals surface area (Å²) in [6.45, 7) is 4.53. The van der Waals surface area contributed by atoms with E-state index in [0.29, 0.717) is 22.6 Å². The van der Waals surface area contributed by atoms with Crippen LogP contribution in [-0.4, -0.2) is 18.5 Å². The smallest absolute Gasteiger partial charge is 0.336 e. The van der Waals surface area contributed by atoms with Gasteiger partial charge < -0.3 is 9.47 Å². The van der Waals surface area contributed by atoms with Gasteiger partial charge in [0.1, 0.15) is 5.75 Å². The van der Waals surface area contributed by atoms with Crippen molar-refractivity contribution in [2.24, 2.45) is 5.92 Å². The molecule has 0 aromatic heterocycles. The first-order chi connectivity index (χ1) is 10.4. The second-order valence-corrected chi connectivity index (χ2v) is 5.94. The summed E-state index contributed by atoms with van der Waals surface area (Å²) in [5.41, 5.74) is 0. The molecule has 0 aliphatic carbocycles. The van der Waals surface area contributed by atoms with E-state index in [-0.39, 0.29) is 5.75 Å². The number of halogens is 2. The highest BCUT2D eigenvalue weighted by Gasteiger charge is 2.05. The van der Waals surface area contributed by atoms with E-state index in [0.717, 1.165) is 25.0 Å². The van der Waals surface area contributed by atoms with Gasteiger partial charge in [-0.05, 0) is 37.0 Å². The zero-order chi connectivity index (χ0) is 16.5. The van der Waals surface area contributed by atoms with Gasteiger partial charge in [-0.1, -0.05) is 37.0 Å². The zero-order valence-corrected chi connectivity index (χ0v) is 14.0. The summed E-state index contributed by atoms with van der Waals surface area (Å²) < 4.78 is 9.94. The van der Waals surface area contributed by atoms with Crippen LogP contribution in [0.1, 0.15) is 26.7 Å². The highest BCUT2D eigenvalue weighted by atomic mass is 35.5. The predicted molar refractivity (Wildman–Crippen MR) is 86.3 cm³/mol. The van der Waals surface area contributed by atoms with Crippen LogP contribution < -0.4 is 4.74 Å². The Morgan fingerprint density at radius 1 is 1.09 bits per heavy atom. The molecule has 0 saturated heterocycles. The van der Waals surface area contributed by atoms with Crippen molar-refractivity contribution < 1.29 is 19.1 Å². The second-order valence-electron chi connectivity index (χ2n) is 5.06. The maximum atomic E-state index is 11.6. The number of carbonyl (C=O) groups is 2. The molecule has 0 heterocycles. The Bertz CT molecular complexity index is 533. The minimum atomic E-state index is -0.711. The average Bonchev–Trinajstić information content (AvgIpc) is 2.40. The Morgan fingerprint density at radius 2 is 1.68 bits per heavy atom. The van der Waals surface area contributed by atoms with Crippen LogP contribution in [0.4, 0.5) is 0 Å². The molecule has 0 spiro atoms. The Hall–Kier alpha value is -1.52. The van der Waals surface area contributed by atoms with Gasteiger partial charge in [0.05, 0.1) is 6.61 Å². The van der Waals surface area contributed by atoms with Crippen LogP contribution in [0.5, 0.6) is 5.75 Å². The molecule has 0 N–H and O–H groups in total. The second kappa shape index (κ2) is 9.49. The summed E-state index contributed by atoms with van der Waals surface area (Å²) in [6.07, 6.45) is 3.81. The molecular weight excluding hydrogens is 327 g/mol. The Labute approximate surface area is 140 Å². The number of hydrogen-bond acceptors (Lipinski definition) is 4. The van der Waals surface area contributed by atoms with Gasteiger partial charge in [-0.25, -0.2) is 9.59 Å². The fraction of sp³-hybridized carbons (Fsp3) is 0.375. The van der Waals surface area contributed by atoms with E-state index in [9.17, 15) is 9.59 Å². The molecule has 0 saturated carbocycles. The Morgan fingerprint density at radius 3 is 2.27 bits per heavy atom. The van der Waals surface area contributed by atoms with E-state index >= 15 is 0 Å². The third kappa shape index (κ3) is 8.05. The highest BCUT2D eigenvalue weighted by Crippen LogP contribution is 2.24. The number of esters is 2. The molecule has 1 aromatic carbocycles. The number of ether oxygens (including phenoxy) is 2. The van der Waals surface area contributed by atoms with Crippen LogP contribution in [0.15, 0.2) is 30.4 Å². The van der Waals surface area contributed by atoms with Gasteiger partial charge >= 0.3 is 11.9 Å². The molecule has 0 fully saturated rings. The largest absolute Gasteiger partial charge is 0.463 e. The summed E-state index contributed by atoms with van der Waals surface area (Å²) in [7, 11) is 0. The summed E-state index contributed by atoms with van der Waals surface area (Å²) in [5.74, 6) is -0.520. The van der Waals surface area contributed by atoms with Gasteiger partial charge in [-0.15, -0.1) is 0 Å². The molecule has 0 unspecified atom stereocenters. The van der Waals surface area contributed by atoms with Gasteiger partial charge in [-0.3, -0.25) is 0 Å². The minimum absolute atomic E-state index is 0.206. The summed E-state index contributed by atoms with van der Waals surface area (Å²) in [4.78, 5) is 22.9. The standard InChI is InChI=1S/C16H18Cl2O4/c1-11(2)4-3-7-21-15(19)5-6-16(20)22-14-9-12(17)8-13(18)10-14/h5-6,8-11H,3-4,7H2,1-2H3/b6-5+. The molecule has 0 aliphatic rings. The van der Waals surface area contributed by atoms with Crippen molar-refractivity contribution >= 4 is 35.1 Å². The summed E-state index contributed by atoms with van der Waals surface area (Å²) in [6, 6.07) is 4.41. The van der Waals surface area contributed by atoms with Gasteiger partial charge in [0.15, 0.2) is 0 Å². The minimum Gasteiger partial charge on any atom is -0.463 e. The van der Waals surface area contributed by atoms with E-state index in [4.69, 9.17) is 32.7 Å². The SMILES string of the molecule is CC(C)CCCOC(=O)/C=C/C(=O)Oc1cc(Cl)cc(Cl)c1. The lowest BCUT2D eigenvalue weighted by Gasteiger charge is -2.04. The average molecular weight is 345 g/mol. The van der Waals surface area contributed by atoms with Crippen LogP contribution in [0, 0.1) is 5.92 Å². The third-order valence-electron chi connectivity index (χ3n) is 2.58. The topological polar surface area (TPSA) is 52.6 Å². The lowest BCUT2D eigenvalue weighted by molar-refractivity contribution is -0.138. The fourth-order valence-electron chi connectivity index (χ4n) is 1.59. The Kier molecular flexibility index (Phi) is 7.99. The highest BCUT2D eigenvalue weighted by molar-refractivity contribution is 6.34. The molecule has 1 rings (SSSR count). The van der Waals surface area contributed by atoms with Crippen molar-refractivity contribution in [3.63, 3.8) is 0 Å². The van der Waals surface area contributed by atoms with Gasteiger partial charge in [0, 0.05) is 22.2 Å². The molecular formula is C16H18Cl2O4. The molecule has 0 bridgehead atoms.